The summed E-state index contributed by atoms with van der Waals surface area (Å²) in [5.41, 5.74) is 0. The molecule has 1 aliphatic rings. The second-order valence-electron chi connectivity index (χ2n) is 3.71. The van der Waals surface area contributed by atoms with Gasteiger partial charge in [-0.3, -0.25) is 5.32 Å². The van der Waals surface area contributed by atoms with Crippen LogP contribution in [0, 0.1) is 0 Å². The minimum absolute atomic E-state index is 0.0892. The predicted octanol–water partition coefficient (Wildman–Crippen LogP) is 2.08. The third-order valence-corrected chi connectivity index (χ3v) is 2.56. The van der Waals surface area contributed by atoms with Crippen molar-refractivity contribution >= 4 is 11.9 Å². The van der Waals surface area contributed by atoms with E-state index in [4.69, 9.17) is 4.52 Å². The van der Waals surface area contributed by atoms with E-state index in [1.807, 2.05) is 4.90 Å². The first-order valence-corrected chi connectivity index (χ1v) is 5.33. The van der Waals surface area contributed by atoms with Gasteiger partial charge in [-0.2, -0.15) is 0 Å². The topological polar surface area (TPSA) is 58.4 Å². The number of rotatable bonds is 1. The van der Waals surface area contributed by atoms with Gasteiger partial charge in [0.05, 0.1) is 6.20 Å². The number of urea groups is 1. The quantitative estimate of drug-likeness (QED) is 0.770. The molecule has 2 amide bonds. The zero-order valence-corrected chi connectivity index (χ0v) is 8.61. The summed E-state index contributed by atoms with van der Waals surface area (Å²) in [5.74, 6) is 0.407. The van der Waals surface area contributed by atoms with E-state index in [0.29, 0.717) is 5.88 Å². The van der Waals surface area contributed by atoms with Gasteiger partial charge in [-0.15, -0.1) is 0 Å². The fraction of sp³-hybridized carbons (Fsp3) is 0.600. The SMILES string of the molecule is O=C(Nc1ccno1)N1CCCCCC1. The lowest BCUT2D eigenvalue weighted by molar-refractivity contribution is 0.213. The van der Waals surface area contributed by atoms with Crippen LogP contribution in [-0.4, -0.2) is 29.2 Å². The fourth-order valence-electron chi connectivity index (χ4n) is 1.74. The highest BCUT2D eigenvalue weighted by Gasteiger charge is 2.16. The zero-order valence-electron chi connectivity index (χ0n) is 8.61. The highest BCUT2D eigenvalue weighted by molar-refractivity contribution is 5.87. The Morgan fingerprint density at radius 1 is 1.33 bits per heavy atom. The maximum Gasteiger partial charge on any atom is 0.324 e. The molecule has 0 saturated carbocycles. The van der Waals surface area contributed by atoms with Crippen LogP contribution in [0.25, 0.3) is 0 Å². The molecule has 0 unspecified atom stereocenters. The molecule has 5 heteroatoms. The monoisotopic (exact) mass is 209 g/mol. The standard InChI is InChI=1S/C10H15N3O2/c14-10(12-9-5-6-11-15-9)13-7-3-1-2-4-8-13/h5-6H,1-4,7-8H2,(H,12,14). The molecule has 15 heavy (non-hydrogen) atoms. The number of nitrogens with one attached hydrogen (secondary N) is 1. The van der Waals surface area contributed by atoms with Crippen LogP contribution in [0.3, 0.4) is 0 Å². The molecule has 2 rings (SSSR count). The second kappa shape index (κ2) is 4.82. The normalized spacial score (nSPS) is 17.2. The van der Waals surface area contributed by atoms with Crippen LogP contribution in [-0.2, 0) is 0 Å². The Kier molecular flexibility index (Phi) is 3.22. The number of amides is 2. The summed E-state index contributed by atoms with van der Waals surface area (Å²) >= 11 is 0. The molecule has 5 nitrogen and oxygen atoms in total. The Morgan fingerprint density at radius 2 is 2.07 bits per heavy atom. The van der Waals surface area contributed by atoms with Crippen molar-refractivity contribution in [1.29, 1.82) is 0 Å². The van der Waals surface area contributed by atoms with Gasteiger partial charge in [0.1, 0.15) is 0 Å². The van der Waals surface area contributed by atoms with Crippen molar-refractivity contribution in [2.45, 2.75) is 25.7 Å². The van der Waals surface area contributed by atoms with Crippen molar-refractivity contribution in [2.75, 3.05) is 18.4 Å². The summed E-state index contributed by atoms with van der Waals surface area (Å²) in [6.07, 6.45) is 6.11. The minimum atomic E-state index is -0.0892. The summed E-state index contributed by atoms with van der Waals surface area (Å²) in [7, 11) is 0. The summed E-state index contributed by atoms with van der Waals surface area (Å²) in [4.78, 5) is 13.6. The molecule has 0 aromatic carbocycles. The maximum atomic E-state index is 11.7. The molecule has 82 valence electrons. The average molecular weight is 209 g/mol. The van der Waals surface area contributed by atoms with Gasteiger partial charge in [-0.05, 0) is 12.8 Å². The van der Waals surface area contributed by atoms with E-state index in [1.165, 1.54) is 19.0 Å². The molecule has 1 aromatic rings. The van der Waals surface area contributed by atoms with Crippen molar-refractivity contribution in [3.63, 3.8) is 0 Å². The van der Waals surface area contributed by atoms with E-state index >= 15 is 0 Å². The van der Waals surface area contributed by atoms with Crippen LogP contribution in [0.4, 0.5) is 10.7 Å². The molecule has 1 saturated heterocycles. The second-order valence-corrected chi connectivity index (χ2v) is 3.71. The number of hydrogen-bond acceptors (Lipinski definition) is 3. The molecule has 1 aromatic heterocycles. The lowest BCUT2D eigenvalue weighted by atomic mass is 10.2. The van der Waals surface area contributed by atoms with Crippen LogP contribution < -0.4 is 5.32 Å². The predicted molar refractivity (Wildman–Crippen MR) is 55.6 cm³/mol. The molecule has 0 radical (unpaired) electrons. The molecule has 2 heterocycles. The van der Waals surface area contributed by atoms with E-state index < -0.39 is 0 Å². The molecule has 0 aliphatic carbocycles. The summed E-state index contributed by atoms with van der Waals surface area (Å²) in [6.45, 7) is 1.67. The Morgan fingerprint density at radius 3 is 2.67 bits per heavy atom. The van der Waals surface area contributed by atoms with Gasteiger partial charge in [-0.25, -0.2) is 4.79 Å². The highest BCUT2D eigenvalue weighted by atomic mass is 16.5. The molecule has 1 aliphatic heterocycles. The highest BCUT2D eigenvalue weighted by Crippen LogP contribution is 2.12. The van der Waals surface area contributed by atoms with Gasteiger partial charge in [-0.1, -0.05) is 18.0 Å². The lowest BCUT2D eigenvalue weighted by Gasteiger charge is -2.19. The van der Waals surface area contributed by atoms with E-state index in [0.717, 1.165) is 25.9 Å². The summed E-state index contributed by atoms with van der Waals surface area (Å²) in [5, 5.41) is 6.21. The van der Waals surface area contributed by atoms with Crippen LogP contribution in [0.15, 0.2) is 16.8 Å². The smallest absolute Gasteiger partial charge is 0.324 e. The maximum absolute atomic E-state index is 11.7. The first-order valence-electron chi connectivity index (χ1n) is 5.33. The zero-order chi connectivity index (χ0) is 10.5. The molecule has 0 bridgehead atoms. The van der Waals surface area contributed by atoms with Crippen molar-refractivity contribution in [2.24, 2.45) is 0 Å². The molecule has 0 atom stereocenters. The van der Waals surface area contributed by atoms with Gasteiger partial charge in [0, 0.05) is 19.2 Å². The van der Waals surface area contributed by atoms with Gasteiger partial charge in [0.15, 0.2) is 0 Å². The molecule has 1 fully saturated rings. The van der Waals surface area contributed by atoms with Crippen molar-refractivity contribution < 1.29 is 9.32 Å². The Labute approximate surface area is 88.4 Å². The van der Waals surface area contributed by atoms with Crippen LogP contribution >= 0.6 is 0 Å². The van der Waals surface area contributed by atoms with Gasteiger partial charge < -0.3 is 9.42 Å². The van der Waals surface area contributed by atoms with E-state index in [9.17, 15) is 4.79 Å². The number of carbonyl (C=O) groups excluding carboxylic acids is 1. The minimum Gasteiger partial charge on any atom is -0.338 e. The summed E-state index contributed by atoms with van der Waals surface area (Å²) in [6, 6.07) is 1.55. The van der Waals surface area contributed by atoms with Crippen molar-refractivity contribution in [3.05, 3.63) is 12.3 Å². The molecule has 1 N–H and O–H groups in total. The number of carbonyl (C=O) groups is 1. The molecular formula is C10H15N3O2. The van der Waals surface area contributed by atoms with E-state index in [-0.39, 0.29) is 6.03 Å². The van der Waals surface area contributed by atoms with Crippen LogP contribution in [0.5, 0.6) is 0 Å². The molecular weight excluding hydrogens is 194 g/mol. The van der Waals surface area contributed by atoms with Gasteiger partial charge in [0.25, 0.3) is 0 Å². The largest absolute Gasteiger partial charge is 0.338 e. The number of anilines is 1. The van der Waals surface area contributed by atoms with Crippen LogP contribution in [0.2, 0.25) is 0 Å². The Balaban J connectivity index is 1.89. The Hall–Kier alpha value is -1.52. The first-order chi connectivity index (χ1) is 7.36. The number of hydrogen-bond donors (Lipinski definition) is 1. The van der Waals surface area contributed by atoms with Gasteiger partial charge in [0.2, 0.25) is 5.88 Å². The fourth-order valence-corrected chi connectivity index (χ4v) is 1.74. The third-order valence-electron chi connectivity index (χ3n) is 2.56. The summed E-state index contributed by atoms with van der Waals surface area (Å²) < 4.78 is 4.82. The van der Waals surface area contributed by atoms with Crippen LogP contribution in [0.1, 0.15) is 25.7 Å². The Bertz CT molecular complexity index is 302. The van der Waals surface area contributed by atoms with E-state index in [2.05, 4.69) is 10.5 Å². The number of likely N-dealkylation sites (tertiary alicyclic amines) is 1. The lowest BCUT2D eigenvalue weighted by Crippen LogP contribution is -2.35. The number of nitrogens with zero attached hydrogens (tertiary/aromatic N) is 2. The third kappa shape index (κ3) is 2.71. The van der Waals surface area contributed by atoms with Crippen molar-refractivity contribution in [3.8, 4) is 0 Å². The van der Waals surface area contributed by atoms with Gasteiger partial charge >= 0.3 is 6.03 Å². The molecule has 0 spiro atoms. The first kappa shape index (κ1) is 10.0. The number of aromatic nitrogens is 1. The van der Waals surface area contributed by atoms with E-state index in [1.54, 1.807) is 6.07 Å². The average Bonchev–Trinajstić information content (AvgIpc) is 2.58. The van der Waals surface area contributed by atoms with Crippen molar-refractivity contribution in [1.82, 2.24) is 10.1 Å².